The van der Waals surface area contributed by atoms with Crippen LogP contribution in [0.25, 0.3) is 0 Å². The molecule has 1 aliphatic rings. The van der Waals surface area contributed by atoms with Crippen molar-refractivity contribution in [2.24, 2.45) is 4.99 Å². The molecule has 0 amide bonds. The van der Waals surface area contributed by atoms with E-state index in [9.17, 15) is 0 Å². The monoisotopic (exact) mass is 220 g/mol. The van der Waals surface area contributed by atoms with Crippen molar-refractivity contribution < 1.29 is 0 Å². The first kappa shape index (κ1) is 10.2. The van der Waals surface area contributed by atoms with Gasteiger partial charge in [-0.05, 0) is 12.5 Å². The van der Waals surface area contributed by atoms with E-state index in [1.165, 1.54) is 5.56 Å². The summed E-state index contributed by atoms with van der Waals surface area (Å²) in [4.78, 5) is 6.14. The molecule has 1 aliphatic heterocycles. The van der Waals surface area contributed by atoms with E-state index >= 15 is 0 Å². The van der Waals surface area contributed by atoms with Crippen molar-refractivity contribution in [2.45, 2.75) is 13.0 Å². The van der Waals surface area contributed by atoms with Gasteiger partial charge < -0.3 is 4.90 Å². The predicted octanol–water partition coefficient (Wildman–Crippen LogP) is 3.17. The molecule has 1 atom stereocenters. The summed E-state index contributed by atoms with van der Waals surface area (Å²) in [5.74, 6) is 0. The van der Waals surface area contributed by atoms with Crippen molar-refractivity contribution >= 4 is 17.8 Å². The lowest BCUT2D eigenvalue weighted by Gasteiger charge is -2.30. The zero-order valence-corrected chi connectivity index (χ0v) is 9.35. The highest BCUT2D eigenvalue weighted by molar-refractivity contribution is 6.29. The second kappa shape index (κ2) is 4.49. The molecule has 1 aromatic carbocycles. The summed E-state index contributed by atoms with van der Waals surface area (Å²) in [6.45, 7) is 2.91. The van der Waals surface area contributed by atoms with Crippen LogP contribution in [0.5, 0.6) is 0 Å². The summed E-state index contributed by atoms with van der Waals surface area (Å²) in [7, 11) is 0. The molecule has 2 nitrogen and oxygen atoms in total. The standard InChI is InChI=1S/C12H13ClN2/c1-10(11-5-3-2-4-6-11)15-8-7-14-9-12(15)13/h2-7,9-10H,8H2,1H3/t10-/m0/s1. The third kappa shape index (κ3) is 2.21. The lowest BCUT2D eigenvalue weighted by molar-refractivity contribution is 0.325. The van der Waals surface area contributed by atoms with Crippen LogP contribution < -0.4 is 0 Å². The number of hydrogen-bond acceptors (Lipinski definition) is 2. The molecule has 0 aromatic heterocycles. The second-order valence-corrected chi connectivity index (χ2v) is 3.91. The van der Waals surface area contributed by atoms with Gasteiger partial charge in [-0.25, -0.2) is 0 Å². The van der Waals surface area contributed by atoms with Crippen molar-refractivity contribution in [2.75, 3.05) is 6.54 Å². The van der Waals surface area contributed by atoms with Crippen LogP contribution in [-0.2, 0) is 0 Å². The average molecular weight is 221 g/mol. The number of aliphatic imine (C=N–C) groups is 1. The van der Waals surface area contributed by atoms with Crippen LogP contribution in [0.2, 0.25) is 0 Å². The molecule has 0 aliphatic carbocycles. The van der Waals surface area contributed by atoms with Gasteiger partial charge in [0.15, 0.2) is 0 Å². The fourth-order valence-electron chi connectivity index (χ4n) is 1.67. The van der Waals surface area contributed by atoms with E-state index in [4.69, 9.17) is 11.6 Å². The van der Waals surface area contributed by atoms with E-state index in [0.717, 1.165) is 6.54 Å². The zero-order chi connectivity index (χ0) is 10.7. The molecule has 1 heterocycles. The highest BCUT2D eigenvalue weighted by Crippen LogP contribution is 2.26. The van der Waals surface area contributed by atoms with Crippen molar-refractivity contribution in [3.8, 4) is 0 Å². The summed E-state index contributed by atoms with van der Waals surface area (Å²) in [5, 5.41) is 0.703. The van der Waals surface area contributed by atoms with Gasteiger partial charge in [0.2, 0.25) is 0 Å². The first-order valence-electron chi connectivity index (χ1n) is 4.98. The Balaban J connectivity index is 2.19. The molecule has 2 rings (SSSR count). The Labute approximate surface area is 94.9 Å². The molecule has 0 spiro atoms. The Hall–Kier alpha value is -1.28. The normalized spacial score (nSPS) is 17.5. The van der Waals surface area contributed by atoms with E-state index in [1.54, 1.807) is 6.20 Å². The van der Waals surface area contributed by atoms with Crippen LogP contribution in [0.1, 0.15) is 18.5 Å². The molecule has 0 fully saturated rings. The Bertz CT molecular complexity index is 384. The number of nitrogens with zero attached hydrogens (tertiary/aromatic N) is 2. The van der Waals surface area contributed by atoms with Crippen molar-refractivity contribution in [3.63, 3.8) is 0 Å². The molecule has 3 heteroatoms. The van der Waals surface area contributed by atoms with Crippen LogP contribution in [0.15, 0.2) is 46.7 Å². The average Bonchev–Trinajstić information content (AvgIpc) is 2.30. The molecule has 0 radical (unpaired) electrons. The van der Waals surface area contributed by atoms with Gasteiger partial charge in [-0.1, -0.05) is 41.9 Å². The van der Waals surface area contributed by atoms with E-state index in [0.29, 0.717) is 5.16 Å². The maximum absolute atomic E-state index is 6.10. The van der Waals surface area contributed by atoms with Crippen molar-refractivity contribution in [1.29, 1.82) is 0 Å². The van der Waals surface area contributed by atoms with Gasteiger partial charge >= 0.3 is 0 Å². The van der Waals surface area contributed by atoms with Crippen LogP contribution in [0.3, 0.4) is 0 Å². The first-order chi connectivity index (χ1) is 7.29. The number of benzene rings is 1. The summed E-state index contributed by atoms with van der Waals surface area (Å²) < 4.78 is 0. The Morgan fingerprint density at radius 1 is 1.33 bits per heavy atom. The third-order valence-corrected chi connectivity index (χ3v) is 2.90. The molecule has 0 saturated carbocycles. The van der Waals surface area contributed by atoms with Gasteiger partial charge in [0.25, 0.3) is 0 Å². The summed E-state index contributed by atoms with van der Waals surface area (Å²) in [6.07, 6.45) is 3.55. The van der Waals surface area contributed by atoms with Gasteiger partial charge in [0.05, 0.1) is 18.8 Å². The van der Waals surface area contributed by atoms with E-state index in [1.807, 2.05) is 24.4 Å². The third-order valence-electron chi connectivity index (χ3n) is 2.59. The molecule has 15 heavy (non-hydrogen) atoms. The fourth-order valence-corrected chi connectivity index (χ4v) is 1.94. The zero-order valence-electron chi connectivity index (χ0n) is 8.60. The van der Waals surface area contributed by atoms with Gasteiger partial charge in [0, 0.05) is 6.21 Å². The Morgan fingerprint density at radius 3 is 2.73 bits per heavy atom. The number of hydrogen-bond donors (Lipinski definition) is 0. The number of rotatable bonds is 2. The molecule has 1 aromatic rings. The highest BCUT2D eigenvalue weighted by Gasteiger charge is 2.17. The molecule has 0 bridgehead atoms. The summed E-state index contributed by atoms with van der Waals surface area (Å²) >= 11 is 6.10. The Kier molecular flexibility index (Phi) is 3.07. The Morgan fingerprint density at radius 2 is 2.07 bits per heavy atom. The highest BCUT2D eigenvalue weighted by atomic mass is 35.5. The minimum absolute atomic E-state index is 0.279. The largest absolute Gasteiger partial charge is 0.349 e. The molecule has 78 valence electrons. The van der Waals surface area contributed by atoms with Gasteiger partial charge in [0.1, 0.15) is 5.16 Å². The smallest absolute Gasteiger partial charge is 0.124 e. The van der Waals surface area contributed by atoms with E-state index in [-0.39, 0.29) is 6.04 Å². The van der Waals surface area contributed by atoms with Crippen molar-refractivity contribution in [1.82, 2.24) is 4.90 Å². The first-order valence-corrected chi connectivity index (χ1v) is 5.36. The summed E-state index contributed by atoms with van der Waals surface area (Å²) in [5.41, 5.74) is 1.26. The molecular formula is C12H13ClN2. The van der Waals surface area contributed by atoms with Crippen LogP contribution in [0, 0.1) is 0 Å². The molecule has 0 unspecified atom stereocenters. The van der Waals surface area contributed by atoms with Crippen LogP contribution in [0.4, 0.5) is 0 Å². The quantitative estimate of drug-likeness (QED) is 0.699. The predicted molar refractivity (Wildman–Crippen MR) is 64.0 cm³/mol. The SMILES string of the molecule is C[C@@H](c1ccccc1)N1CC=NC=C1Cl. The molecular weight excluding hydrogens is 208 g/mol. The van der Waals surface area contributed by atoms with Gasteiger partial charge in [-0.2, -0.15) is 0 Å². The van der Waals surface area contributed by atoms with Crippen LogP contribution in [-0.4, -0.2) is 17.7 Å². The van der Waals surface area contributed by atoms with Crippen LogP contribution >= 0.6 is 11.6 Å². The minimum Gasteiger partial charge on any atom is -0.349 e. The minimum atomic E-state index is 0.279. The number of halogens is 1. The molecule has 0 N–H and O–H groups in total. The lowest BCUT2D eigenvalue weighted by atomic mass is 10.1. The molecule has 0 saturated heterocycles. The fraction of sp³-hybridized carbons (Fsp3) is 0.250. The van der Waals surface area contributed by atoms with Gasteiger partial charge in [-0.15, -0.1) is 0 Å². The van der Waals surface area contributed by atoms with E-state index < -0.39 is 0 Å². The summed E-state index contributed by atoms with van der Waals surface area (Å²) in [6, 6.07) is 10.6. The van der Waals surface area contributed by atoms with Crippen molar-refractivity contribution in [3.05, 3.63) is 47.3 Å². The maximum Gasteiger partial charge on any atom is 0.124 e. The lowest BCUT2D eigenvalue weighted by Crippen LogP contribution is -2.27. The topological polar surface area (TPSA) is 15.6 Å². The second-order valence-electron chi connectivity index (χ2n) is 3.52. The maximum atomic E-state index is 6.10. The van der Waals surface area contributed by atoms with E-state index in [2.05, 4.69) is 28.9 Å². The van der Waals surface area contributed by atoms with Gasteiger partial charge in [-0.3, -0.25) is 4.99 Å².